The lowest BCUT2D eigenvalue weighted by atomic mass is 9.97. The normalized spacial score (nSPS) is 17.5. The van der Waals surface area contributed by atoms with Crippen LogP contribution in [0.4, 0.5) is 4.39 Å². The summed E-state index contributed by atoms with van der Waals surface area (Å²) in [6.45, 7) is 2.88. The van der Waals surface area contributed by atoms with Crippen molar-refractivity contribution in [3.05, 3.63) is 53.5 Å². The van der Waals surface area contributed by atoms with Gasteiger partial charge < -0.3 is 13.9 Å². The van der Waals surface area contributed by atoms with Gasteiger partial charge in [0.15, 0.2) is 0 Å². The van der Waals surface area contributed by atoms with E-state index < -0.39 is 0 Å². The number of aryl methyl sites for hydroxylation is 1. The van der Waals surface area contributed by atoms with Crippen molar-refractivity contribution < 1.29 is 18.2 Å². The number of hydrogen-bond acceptors (Lipinski definition) is 6. The number of aromatic nitrogens is 3. The molecule has 4 rings (SSSR count). The third-order valence-electron chi connectivity index (χ3n) is 4.58. The number of halogens is 1. The molecule has 7 nitrogen and oxygen atoms in total. The molecule has 1 aromatic carbocycles. The number of amides is 1. The molecule has 0 N–H and O–H groups in total. The van der Waals surface area contributed by atoms with Gasteiger partial charge in [-0.05, 0) is 44.0 Å². The summed E-state index contributed by atoms with van der Waals surface area (Å²) in [5, 5.41) is 7.66. The number of carbonyl (C=O) groups is 1. The Morgan fingerprint density at radius 1 is 1.27 bits per heavy atom. The van der Waals surface area contributed by atoms with Gasteiger partial charge in [0.2, 0.25) is 11.7 Å². The third-order valence-corrected chi connectivity index (χ3v) is 4.58. The molecule has 134 valence electrons. The highest BCUT2D eigenvalue weighted by Crippen LogP contribution is 2.28. The summed E-state index contributed by atoms with van der Waals surface area (Å²) < 4.78 is 23.4. The maximum absolute atomic E-state index is 13.0. The van der Waals surface area contributed by atoms with Gasteiger partial charge in [-0.1, -0.05) is 10.3 Å². The van der Waals surface area contributed by atoms with Crippen LogP contribution in [0.2, 0.25) is 0 Å². The van der Waals surface area contributed by atoms with Crippen molar-refractivity contribution in [1.29, 1.82) is 0 Å². The number of hydrogen-bond donors (Lipinski definition) is 0. The van der Waals surface area contributed by atoms with Gasteiger partial charge in [0, 0.05) is 18.7 Å². The largest absolute Gasteiger partial charge is 0.361 e. The predicted octanol–water partition coefficient (Wildman–Crippen LogP) is 3.19. The summed E-state index contributed by atoms with van der Waals surface area (Å²) in [5.41, 5.74) is 1.16. The first kappa shape index (κ1) is 16.4. The summed E-state index contributed by atoms with van der Waals surface area (Å²) >= 11 is 0. The number of carbonyl (C=O) groups excluding carboxylic acids is 1. The number of piperidine rings is 1. The molecular formula is C18H17FN4O3. The van der Waals surface area contributed by atoms with Gasteiger partial charge >= 0.3 is 0 Å². The van der Waals surface area contributed by atoms with Crippen molar-refractivity contribution >= 4 is 5.91 Å². The van der Waals surface area contributed by atoms with E-state index in [0.717, 1.165) is 12.8 Å². The third kappa shape index (κ3) is 3.10. The Bertz CT molecular complexity index is 919. The average molecular weight is 356 g/mol. The summed E-state index contributed by atoms with van der Waals surface area (Å²) in [4.78, 5) is 18.8. The molecule has 0 saturated carbocycles. The molecule has 1 aliphatic rings. The first-order valence-corrected chi connectivity index (χ1v) is 8.42. The number of benzene rings is 1. The van der Waals surface area contributed by atoms with E-state index in [2.05, 4.69) is 15.3 Å². The van der Waals surface area contributed by atoms with Crippen LogP contribution < -0.4 is 0 Å². The smallest absolute Gasteiger partial charge is 0.259 e. The summed E-state index contributed by atoms with van der Waals surface area (Å²) in [5.74, 6) is 0.958. The van der Waals surface area contributed by atoms with Crippen LogP contribution in [0.25, 0.3) is 11.4 Å². The molecule has 2 aromatic heterocycles. The molecule has 1 aliphatic heterocycles. The van der Waals surface area contributed by atoms with Gasteiger partial charge in [-0.2, -0.15) is 4.98 Å². The molecular weight excluding hydrogens is 339 g/mol. The van der Waals surface area contributed by atoms with Gasteiger partial charge in [0.05, 0.1) is 12.1 Å². The molecule has 26 heavy (non-hydrogen) atoms. The van der Waals surface area contributed by atoms with Crippen LogP contribution in [0.15, 0.2) is 39.5 Å². The molecule has 0 bridgehead atoms. The van der Waals surface area contributed by atoms with Crippen molar-refractivity contribution in [2.75, 3.05) is 13.1 Å². The van der Waals surface area contributed by atoms with Crippen LogP contribution in [-0.4, -0.2) is 39.2 Å². The van der Waals surface area contributed by atoms with E-state index in [1.54, 1.807) is 24.0 Å². The second kappa shape index (κ2) is 6.70. The lowest BCUT2D eigenvalue weighted by Gasteiger charge is -2.30. The fourth-order valence-corrected chi connectivity index (χ4v) is 3.15. The maximum Gasteiger partial charge on any atom is 0.259 e. The van der Waals surface area contributed by atoms with Crippen LogP contribution in [-0.2, 0) is 0 Å². The van der Waals surface area contributed by atoms with Crippen molar-refractivity contribution in [2.24, 2.45) is 0 Å². The van der Waals surface area contributed by atoms with Crippen LogP contribution in [0, 0.1) is 12.7 Å². The summed E-state index contributed by atoms with van der Waals surface area (Å²) in [6, 6.07) is 5.92. The zero-order valence-electron chi connectivity index (χ0n) is 14.2. The topological polar surface area (TPSA) is 85.3 Å². The van der Waals surface area contributed by atoms with Gasteiger partial charge in [0.25, 0.3) is 5.91 Å². The molecule has 1 saturated heterocycles. The highest BCUT2D eigenvalue weighted by molar-refractivity contribution is 5.94. The minimum Gasteiger partial charge on any atom is -0.361 e. The van der Waals surface area contributed by atoms with E-state index in [1.165, 1.54) is 18.3 Å². The Morgan fingerprint density at radius 2 is 2.08 bits per heavy atom. The number of rotatable bonds is 3. The first-order valence-electron chi connectivity index (χ1n) is 8.42. The predicted molar refractivity (Wildman–Crippen MR) is 88.8 cm³/mol. The highest BCUT2D eigenvalue weighted by Gasteiger charge is 2.30. The number of nitrogens with zero attached hydrogens (tertiary/aromatic N) is 4. The maximum atomic E-state index is 13.0. The van der Waals surface area contributed by atoms with Crippen molar-refractivity contribution in [2.45, 2.75) is 25.7 Å². The monoisotopic (exact) mass is 356 g/mol. The quantitative estimate of drug-likeness (QED) is 0.716. The van der Waals surface area contributed by atoms with E-state index in [-0.39, 0.29) is 17.6 Å². The second-order valence-electron chi connectivity index (χ2n) is 6.35. The second-order valence-corrected chi connectivity index (χ2v) is 6.35. The Balaban J connectivity index is 1.51. The van der Waals surface area contributed by atoms with E-state index in [0.29, 0.717) is 41.7 Å². The molecule has 3 heterocycles. The lowest BCUT2D eigenvalue weighted by Crippen LogP contribution is -2.39. The molecule has 0 aliphatic carbocycles. The molecule has 0 spiro atoms. The summed E-state index contributed by atoms with van der Waals surface area (Å²) in [7, 11) is 0. The average Bonchev–Trinajstić information content (AvgIpc) is 3.31. The molecule has 1 atom stereocenters. The van der Waals surface area contributed by atoms with Crippen molar-refractivity contribution in [1.82, 2.24) is 20.2 Å². The fraction of sp³-hybridized carbons (Fsp3) is 0.333. The van der Waals surface area contributed by atoms with Crippen molar-refractivity contribution in [3.8, 4) is 11.4 Å². The molecule has 1 fully saturated rings. The fourth-order valence-electron chi connectivity index (χ4n) is 3.15. The number of likely N-dealkylation sites (tertiary alicyclic amines) is 1. The molecule has 0 radical (unpaired) electrons. The van der Waals surface area contributed by atoms with Crippen LogP contribution in [0.5, 0.6) is 0 Å². The van der Waals surface area contributed by atoms with E-state index >= 15 is 0 Å². The Morgan fingerprint density at radius 3 is 2.81 bits per heavy atom. The highest BCUT2D eigenvalue weighted by atomic mass is 19.1. The minimum absolute atomic E-state index is 0.0328. The molecule has 8 heteroatoms. The SMILES string of the molecule is Cc1oncc1C(=O)N1CCCC(c2nc(-c3ccc(F)cc3)no2)C1. The van der Waals surface area contributed by atoms with E-state index in [9.17, 15) is 9.18 Å². The van der Waals surface area contributed by atoms with Crippen molar-refractivity contribution in [3.63, 3.8) is 0 Å². The lowest BCUT2D eigenvalue weighted by molar-refractivity contribution is 0.0694. The van der Waals surface area contributed by atoms with Crippen LogP contribution in [0.3, 0.4) is 0 Å². The Hall–Kier alpha value is -3.03. The molecule has 1 amide bonds. The standard InChI is InChI=1S/C18H17FN4O3/c1-11-15(9-20-25-11)18(24)23-8-2-3-13(10-23)17-21-16(22-26-17)12-4-6-14(19)7-5-12/h4-7,9,13H,2-3,8,10H2,1H3. The minimum atomic E-state index is -0.317. The first-order chi connectivity index (χ1) is 12.6. The van der Waals surface area contributed by atoms with Gasteiger partial charge in [-0.3, -0.25) is 4.79 Å². The van der Waals surface area contributed by atoms with Gasteiger partial charge in [0.1, 0.15) is 17.1 Å². The summed E-state index contributed by atoms with van der Waals surface area (Å²) in [6.07, 6.45) is 3.15. The van der Waals surface area contributed by atoms with Crippen LogP contribution >= 0.6 is 0 Å². The van der Waals surface area contributed by atoms with E-state index in [4.69, 9.17) is 9.05 Å². The molecule has 3 aromatic rings. The zero-order valence-corrected chi connectivity index (χ0v) is 14.2. The van der Waals surface area contributed by atoms with Crippen LogP contribution in [0.1, 0.15) is 40.8 Å². The zero-order chi connectivity index (χ0) is 18.1. The Labute approximate surface area is 148 Å². The Kier molecular flexibility index (Phi) is 4.24. The molecule has 1 unspecified atom stereocenters. The van der Waals surface area contributed by atoms with Gasteiger partial charge in [-0.25, -0.2) is 4.39 Å². The van der Waals surface area contributed by atoms with Gasteiger partial charge in [-0.15, -0.1) is 0 Å². The van der Waals surface area contributed by atoms with E-state index in [1.807, 2.05) is 0 Å².